The predicted octanol–water partition coefficient (Wildman–Crippen LogP) is 2.34. The highest BCUT2D eigenvalue weighted by atomic mass is 16.5. The fourth-order valence-electron chi connectivity index (χ4n) is 4.18. The SMILES string of the molecule is C=C[C@H]1CN2CC[C@@H]1C[C@@H]2CNC(=O)c1cc(OC)c(OC)c(OC)c1. The largest absolute Gasteiger partial charge is 0.493 e. The number of carbonyl (C=O) groups excluding carboxylic acids is 1. The number of rotatable bonds is 7. The number of fused-ring (bicyclic) bond motifs is 3. The first-order chi connectivity index (χ1) is 12.6. The highest BCUT2D eigenvalue weighted by Crippen LogP contribution is 2.38. The third-order valence-electron chi connectivity index (χ3n) is 5.66. The fourth-order valence-corrected chi connectivity index (χ4v) is 4.18. The van der Waals surface area contributed by atoms with Crippen LogP contribution in [0.25, 0.3) is 0 Å². The smallest absolute Gasteiger partial charge is 0.251 e. The molecule has 3 saturated heterocycles. The molecule has 3 fully saturated rings. The van der Waals surface area contributed by atoms with E-state index in [1.54, 1.807) is 33.5 Å². The number of hydrogen-bond donors (Lipinski definition) is 1. The van der Waals surface area contributed by atoms with E-state index in [0.29, 0.717) is 47.2 Å². The first-order valence-electron chi connectivity index (χ1n) is 9.06. The highest BCUT2D eigenvalue weighted by Gasteiger charge is 2.38. The Morgan fingerprint density at radius 3 is 2.46 bits per heavy atom. The summed E-state index contributed by atoms with van der Waals surface area (Å²) in [7, 11) is 4.63. The van der Waals surface area contributed by atoms with E-state index in [-0.39, 0.29) is 5.91 Å². The third kappa shape index (κ3) is 3.51. The minimum absolute atomic E-state index is 0.132. The second kappa shape index (κ2) is 7.99. The van der Waals surface area contributed by atoms with Crippen LogP contribution in [0.3, 0.4) is 0 Å². The van der Waals surface area contributed by atoms with Crippen LogP contribution in [0, 0.1) is 11.8 Å². The lowest BCUT2D eigenvalue weighted by molar-refractivity contribution is 0.0195. The zero-order valence-corrected chi connectivity index (χ0v) is 15.8. The first-order valence-corrected chi connectivity index (χ1v) is 9.06. The highest BCUT2D eigenvalue weighted by molar-refractivity contribution is 5.95. The van der Waals surface area contributed by atoms with E-state index in [0.717, 1.165) is 19.5 Å². The van der Waals surface area contributed by atoms with Crippen LogP contribution < -0.4 is 19.5 Å². The fraction of sp³-hybridized carbons (Fsp3) is 0.550. The number of carbonyl (C=O) groups is 1. The zero-order valence-electron chi connectivity index (χ0n) is 15.8. The van der Waals surface area contributed by atoms with Crippen molar-refractivity contribution in [2.45, 2.75) is 18.9 Å². The Morgan fingerprint density at radius 1 is 1.27 bits per heavy atom. The van der Waals surface area contributed by atoms with Crippen molar-refractivity contribution in [3.8, 4) is 17.2 Å². The van der Waals surface area contributed by atoms with Gasteiger partial charge in [-0.3, -0.25) is 9.69 Å². The van der Waals surface area contributed by atoms with Crippen molar-refractivity contribution in [2.24, 2.45) is 11.8 Å². The standard InChI is InChI=1S/C20H28N2O4/c1-5-13-12-22-7-6-14(13)8-16(22)11-21-20(23)15-9-17(24-2)19(26-4)18(10-15)25-3/h5,9-10,13-14,16H,1,6-8,11-12H2,2-4H3,(H,21,23)/t13-,14+,16+/m0/s1. The number of methoxy groups -OCH3 is 3. The molecule has 1 amide bonds. The lowest BCUT2D eigenvalue weighted by atomic mass is 9.75. The lowest BCUT2D eigenvalue weighted by Crippen LogP contribution is -2.56. The summed E-state index contributed by atoms with van der Waals surface area (Å²) in [4.78, 5) is 15.1. The van der Waals surface area contributed by atoms with Crippen LogP contribution >= 0.6 is 0 Å². The zero-order chi connectivity index (χ0) is 18.7. The molecule has 3 heterocycles. The molecular weight excluding hydrogens is 332 g/mol. The second-order valence-electron chi connectivity index (χ2n) is 6.96. The van der Waals surface area contributed by atoms with E-state index >= 15 is 0 Å². The molecule has 3 aliphatic rings. The monoisotopic (exact) mass is 360 g/mol. The van der Waals surface area contributed by atoms with Crippen molar-refractivity contribution < 1.29 is 19.0 Å². The number of amides is 1. The second-order valence-corrected chi connectivity index (χ2v) is 6.96. The topological polar surface area (TPSA) is 60.0 Å². The molecule has 0 spiro atoms. The molecule has 4 rings (SSSR count). The Morgan fingerprint density at radius 2 is 1.96 bits per heavy atom. The summed E-state index contributed by atoms with van der Waals surface area (Å²) < 4.78 is 16.0. The van der Waals surface area contributed by atoms with E-state index in [2.05, 4.69) is 22.9 Å². The van der Waals surface area contributed by atoms with Gasteiger partial charge in [0.2, 0.25) is 5.75 Å². The van der Waals surface area contributed by atoms with Gasteiger partial charge in [0.15, 0.2) is 11.5 Å². The molecule has 142 valence electrons. The number of nitrogens with zero attached hydrogens (tertiary/aromatic N) is 1. The van der Waals surface area contributed by atoms with Crippen LogP contribution in [0.1, 0.15) is 23.2 Å². The maximum atomic E-state index is 12.7. The predicted molar refractivity (Wildman–Crippen MR) is 100 cm³/mol. The van der Waals surface area contributed by atoms with Crippen LogP contribution in [-0.2, 0) is 0 Å². The van der Waals surface area contributed by atoms with Crippen LogP contribution in [0.15, 0.2) is 24.8 Å². The minimum atomic E-state index is -0.132. The minimum Gasteiger partial charge on any atom is -0.493 e. The molecule has 4 atom stereocenters. The van der Waals surface area contributed by atoms with Gasteiger partial charge < -0.3 is 19.5 Å². The molecule has 3 aliphatic heterocycles. The summed E-state index contributed by atoms with van der Waals surface area (Å²) in [5, 5.41) is 3.07. The van der Waals surface area contributed by atoms with Gasteiger partial charge in [-0.15, -0.1) is 6.58 Å². The van der Waals surface area contributed by atoms with E-state index in [4.69, 9.17) is 14.2 Å². The average Bonchev–Trinajstić information content (AvgIpc) is 2.70. The summed E-state index contributed by atoms with van der Waals surface area (Å²) in [6, 6.07) is 3.76. The molecule has 0 aromatic heterocycles. The normalized spacial score (nSPS) is 26.9. The summed E-state index contributed by atoms with van der Waals surface area (Å²) in [6.45, 7) is 6.77. The number of piperidine rings is 3. The molecule has 1 aromatic carbocycles. The van der Waals surface area contributed by atoms with Crippen LogP contribution in [0.2, 0.25) is 0 Å². The number of nitrogens with one attached hydrogen (secondary N) is 1. The van der Waals surface area contributed by atoms with Gasteiger partial charge in [-0.25, -0.2) is 0 Å². The lowest BCUT2D eigenvalue weighted by Gasteiger charge is -2.49. The first kappa shape index (κ1) is 18.6. The number of ether oxygens (including phenoxy) is 3. The summed E-state index contributed by atoms with van der Waals surface area (Å²) >= 11 is 0. The van der Waals surface area contributed by atoms with Crippen molar-refractivity contribution in [3.63, 3.8) is 0 Å². The van der Waals surface area contributed by atoms with Gasteiger partial charge in [0.25, 0.3) is 5.91 Å². The molecule has 0 saturated carbocycles. The molecule has 1 aromatic rings. The van der Waals surface area contributed by atoms with Crippen molar-refractivity contribution >= 4 is 5.91 Å². The van der Waals surface area contributed by atoms with Crippen molar-refractivity contribution in [2.75, 3.05) is 41.0 Å². The Hall–Kier alpha value is -2.21. The molecule has 6 heteroatoms. The van der Waals surface area contributed by atoms with E-state index < -0.39 is 0 Å². The van der Waals surface area contributed by atoms with Gasteiger partial charge in [-0.05, 0) is 43.4 Å². The van der Waals surface area contributed by atoms with Gasteiger partial charge in [0.1, 0.15) is 0 Å². The van der Waals surface area contributed by atoms with Crippen molar-refractivity contribution in [1.82, 2.24) is 10.2 Å². The Kier molecular flexibility index (Phi) is 5.71. The van der Waals surface area contributed by atoms with Gasteiger partial charge in [0.05, 0.1) is 21.3 Å². The van der Waals surface area contributed by atoms with Crippen molar-refractivity contribution in [3.05, 3.63) is 30.4 Å². The van der Waals surface area contributed by atoms with Gasteiger partial charge in [-0.1, -0.05) is 6.08 Å². The van der Waals surface area contributed by atoms with E-state index in [1.807, 2.05) is 0 Å². The molecule has 0 radical (unpaired) electrons. The van der Waals surface area contributed by atoms with Crippen molar-refractivity contribution in [1.29, 1.82) is 0 Å². The molecule has 1 N–H and O–H groups in total. The Bertz CT molecular complexity index is 651. The third-order valence-corrected chi connectivity index (χ3v) is 5.66. The maximum Gasteiger partial charge on any atom is 0.251 e. The van der Waals surface area contributed by atoms with Crippen LogP contribution in [-0.4, -0.2) is 57.8 Å². The quantitative estimate of drug-likeness (QED) is 0.757. The molecule has 0 aliphatic carbocycles. The van der Waals surface area contributed by atoms with E-state index in [1.165, 1.54) is 6.42 Å². The van der Waals surface area contributed by atoms with Gasteiger partial charge in [0, 0.05) is 24.7 Å². The summed E-state index contributed by atoms with van der Waals surface area (Å²) in [5.41, 5.74) is 0.499. The molecule has 26 heavy (non-hydrogen) atoms. The van der Waals surface area contributed by atoms with Crippen LogP contribution in [0.4, 0.5) is 0 Å². The van der Waals surface area contributed by atoms with Crippen LogP contribution in [0.5, 0.6) is 17.2 Å². The summed E-state index contributed by atoms with van der Waals surface area (Å²) in [5.74, 6) is 2.59. The number of benzene rings is 1. The summed E-state index contributed by atoms with van der Waals surface area (Å²) in [6.07, 6.45) is 4.43. The van der Waals surface area contributed by atoms with Gasteiger partial charge in [-0.2, -0.15) is 0 Å². The molecule has 6 nitrogen and oxygen atoms in total. The Balaban J connectivity index is 1.66. The number of hydrogen-bond acceptors (Lipinski definition) is 5. The molecule has 1 unspecified atom stereocenters. The molecule has 2 bridgehead atoms. The average molecular weight is 360 g/mol. The van der Waals surface area contributed by atoms with Gasteiger partial charge >= 0.3 is 0 Å². The van der Waals surface area contributed by atoms with E-state index in [9.17, 15) is 4.79 Å². The maximum absolute atomic E-state index is 12.7. The molecular formula is C20H28N2O4. The Labute approximate surface area is 155 Å².